The van der Waals surface area contributed by atoms with Gasteiger partial charge < -0.3 is 10.1 Å². The highest BCUT2D eigenvalue weighted by Gasteiger charge is 2.09. The molecule has 1 unspecified atom stereocenters. The van der Waals surface area contributed by atoms with Gasteiger partial charge in [-0.1, -0.05) is 19.0 Å². The fraction of sp³-hybridized carbons (Fsp3) is 0.857. The van der Waals surface area contributed by atoms with Crippen molar-refractivity contribution in [1.82, 2.24) is 4.90 Å². The Morgan fingerprint density at radius 3 is 2.20 bits per heavy atom. The van der Waals surface area contributed by atoms with Crippen LogP contribution in [0.15, 0.2) is 5.16 Å². The van der Waals surface area contributed by atoms with Crippen LogP contribution in [0, 0.1) is 5.92 Å². The summed E-state index contributed by atoms with van der Waals surface area (Å²) >= 11 is 0. The Bertz CT molecular complexity index is 121. The van der Waals surface area contributed by atoms with Gasteiger partial charge in [0, 0.05) is 20.0 Å². The van der Waals surface area contributed by atoms with Gasteiger partial charge in [0.1, 0.15) is 5.84 Å². The van der Waals surface area contributed by atoms with Gasteiger partial charge in [0.25, 0.3) is 0 Å². The zero-order valence-electron chi connectivity index (χ0n) is 7.13. The van der Waals surface area contributed by atoms with E-state index in [1.54, 1.807) is 0 Å². The molecule has 0 amide bonds. The van der Waals surface area contributed by atoms with Crippen LogP contribution in [0.25, 0.3) is 0 Å². The molecule has 0 aliphatic heterocycles. The van der Waals surface area contributed by atoms with Gasteiger partial charge in [0.15, 0.2) is 0 Å². The van der Waals surface area contributed by atoms with Crippen molar-refractivity contribution in [1.29, 1.82) is 0 Å². The van der Waals surface area contributed by atoms with Gasteiger partial charge >= 0.3 is 0 Å². The molecule has 3 heteroatoms. The molecule has 0 aromatic rings. The van der Waals surface area contributed by atoms with Crippen molar-refractivity contribution in [3.05, 3.63) is 0 Å². The normalized spacial score (nSPS) is 15.0. The second kappa shape index (κ2) is 4.14. The van der Waals surface area contributed by atoms with Crippen LogP contribution in [0.1, 0.15) is 20.3 Å². The standard InChI is InChI=1S/C7H16N2O/c1-5-6(2)7(8-10)9(3)4/h6,10H,5H2,1-4H3/b8-7+. The first-order chi connectivity index (χ1) is 4.63. The zero-order valence-corrected chi connectivity index (χ0v) is 7.13. The zero-order chi connectivity index (χ0) is 8.15. The second-order valence-corrected chi connectivity index (χ2v) is 2.66. The van der Waals surface area contributed by atoms with Gasteiger partial charge in [-0.05, 0) is 6.42 Å². The van der Waals surface area contributed by atoms with Gasteiger partial charge in [-0.3, -0.25) is 0 Å². The van der Waals surface area contributed by atoms with Crippen molar-refractivity contribution in [2.45, 2.75) is 20.3 Å². The molecule has 0 saturated carbocycles. The topological polar surface area (TPSA) is 35.8 Å². The van der Waals surface area contributed by atoms with E-state index in [0.29, 0.717) is 5.92 Å². The number of hydrogen-bond donors (Lipinski definition) is 1. The predicted molar refractivity (Wildman–Crippen MR) is 42.4 cm³/mol. The van der Waals surface area contributed by atoms with Crippen LogP contribution in [0.4, 0.5) is 0 Å². The molecule has 0 rings (SSSR count). The SMILES string of the molecule is CCC(C)/C(=N\O)N(C)C. The number of amidine groups is 1. The van der Waals surface area contributed by atoms with Gasteiger partial charge in [-0.15, -0.1) is 0 Å². The number of hydrogen-bond acceptors (Lipinski definition) is 2. The number of rotatable bonds is 2. The maximum Gasteiger partial charge on any atom is 0.146 e. The summed E-state index contributed by atoms with van der Waals surface area (Å²) in [5, 5.41) is 11.7. The Balaban J connectivity index is 4.08. The van der Waals surface area contributed by atoms with Crippen LogP contribution in [0.5, 0.6) is 0 Å². The average Bonchev–Trinajstić information content (AvgIpc) is 1.88. The smallest absolute Gasteiger partial charge is 0.146 e. The third-order valence-electron chi connectivity index (χ3n) is 1.61. The summed E-state index contributed by atoms with van der Waals surface area (Å²) < 4.78 is 0. The molecular formula is C7H16N2O. The second-order valence-electron chi connectivity index (χ2n) is 2.66. The molecule has 0 aromatic carbocycles. The molecule has 0 saturated heterocycles. The van der Waals surface area contributed by atoms with Crippen molar-refractivity contribution < 1.29 is 5.21 Å². The van der Waals surface area contributed by atoms with Gasteiger partial charge in [-0.2, -0.15) is 0 Å². The highest BCUT2D eigenvalue weighted by molar-refractivity contribution is 5.83. The maximum absolute atomic E-state index is 8.54. The van der Waals surface area contributed by atoms with E-state index < -0.39 is 0 Å². The first kappa shape index (κ1) is 9.27. The highest BCUT2D eigenvalue weighted by Crippen LogP contribution is 2.04. The summed E-state index contributed by atoms with van der Waals surface area (Å²) in [5.74, 6) is 1.07. The molecule has 0 fully saturated rings. The molecule has 0 heterocycles. The molecule has 1 atom stereocenters. The van der Waals surface area contributed by atoms with E-state index in [9.17, 15) is 0 Å². The van der Waals surface area contributed by atoms with Crippen LogP contribution in [-0.2, 0) is 0 Å². The molecule has 3 nitrogen and oxygen atoms in total. The largest absolute Gasteiger partial charge is 0.409 e. The molecule has 0 bridgehead atoms. The minimum Gasteiger partial charge on any atom is -0.409 e. The van der Waals surface area contributed by atoms with E-state index in [1.165, 1.54) is 0 Å². The Kier molecular flexibility index (Phi) is 3.84. The van der Waals surface area contributed by atoms with E-state index in [2.05, 4.69) is 12.1 Å². The summed E-state index contributed by atoms with van der Waals surface area (Å²) in [6, 6.07) is 0. The van der Waals surface area contributed by atoms with E-state index >= 15 is 0 Å². The molecule has 60 valence electrons. The first-order valence-corrected chi connectivity index (χ1v) is 3.52. The third kappa shape index (κ3) is 2.25. The van der Waals surface area contributed by atoms with Gasteiger partial charge in [0.05, 0.1) is 0 Å². The van der Waals surface area contributed by atoms with Crippen molar-refractivity contribution in [3.8, 4) is 0 Å². The summed E-state index contributed by atoms with van der Waals surface area (Å²) in [6.45, 7) is 4.11. The van der Waals surface area contributed by atoms with E-state index in [1.807, 2.05) is 25.9 Å². The minimum absolute atomic E-state index is 0.333. The average molecular weight is 144 g/mol. The highest BCUT2D eigenvalue weighted by atomic mass is 16.4. The summed E-state index contributed by atoms with van der Waals surface area (Å²) in [6.07, 6.45) is 0.998. The van der Waals surface area contributed by atoms with Crippen molar-refractivity contribution >= 4 is 5.84 Å². The summed E-state index contributed by atoms with van der Waals surface area (Å²) in [4.78, 5) is 1.83. The lowest BCUT2D eigenvalue weighted by Gasteiger charge is -2.18. The quantitative estimate of drug-likeness (QED) is 0.275. The van der Waals surface area contributed by atoms with E-state index in [-0.39, 0.29) is 0 Å². The van der Waals surface area contributed by atoms with Crippen LogP contribution in [0.2, 0.25) is 0 Å². The van der Waals surface area contributed by atoms with Crippen LogP contribution < -0.4 is 0 Å². The molecule has 0 aromatic heterocycles. The molecule has 0 spiro atoms. The van der Waals surface area contributed by atoms with E-state index in [4.69, 9.17) is 5.21 Å². The third-order valence-corrected chi connectivity index (χ3v) is 1.61. The Hall–Kier alpha value is -0.730. The van der Waals surface area contributed by atoms with E-state index in [0.717, 1.165) is 12.3 Å². The lowest BCUT2D eigenvalue weighted by atomic mass is 10.1. The first-order valence-electron chi connectivity index (χ1n) is 3.52. The predicted octanol–water partition coefficient (Wildman–Crippen LogP) is 1.38. The Morgan fingerprint density at radius 2 is 2.10 bits per heavy atom. The van der Waals surface area contributed by atoms with Crippen LogP contribution in [0.3, 0.4) is 0 Å². The number of oxime groups is 1. The molecule has 1 N–H and O–H groups in total. The molecule has 0 aliphatic carbocycles. The minimum atomic E-state index is 0.333. The lowest BCUT2D eigenvalue weighted by Crippen LogP contribution is -2.27. The number of nitrogens with zero attached hydrogens (tertiary/aromatic N) is 2. The van der Waals surface area contributed by atoms with Gasteiger partial charge in [-0.25, -0.2) is 0 Å². The molecule has 0 radical (unpaired) electrons. The summed E-state index contributed by atoms with van der Waals surface area (Å²) in [5.41, 5.74) is 0. The van der Waals surface area contributed by atoms with Gasteiger partial charge in [0.2, 0.25) is 0 Å². The monoisotopic (exact) mass is 144 g/mol. The summed E-state index contributed by atoms with van der Waals surface area (Å²) in [7, 11) is 3.75. The van der Waals surface area contributed by atoms with Crippen LogP contribution >= 0.6 is 0 Å². The molecule has 10 heavy (non-hydrogen) atoms. The van der Waals surface area contributed by atoms with Crippen LogP contribution in [-0.4, -0.2) is 30.0 Å². The molecular weight excluding hydrogens is 128 g/mol. The maximum atomic E-state index is 8.54. The Morgan fingerprint density at radius 1 is 1.60 bits per heavy atom. The van der Waals surface area contributed by atoms with Crippen molar-refractivity contribution in [3.63, 3.8) is 0 Å². The van der Waals surface area contributed by atoms with Crippen molar-refractivity contribution in [2.24, 2.45) is 11.1 Å². The molecule has 0 aliphatic rings. The fourth-order valence-electron chi connectivity index (χ4n) is 0.811. The fourth-order valence-corrected chi connectivity index (χ4v) is 0.811. The lowest BCUT2D eigenvalue weighted by molar-refractivity contribution is 0.303. The Labute approximate surface area is 62.3 Å². The van der Waals surface area contributed by atoms with Crippen molar-refractivity contribution in [2.75, 3.05) is 14.1 Å².